The van der Waals surface area contributed by atoms with Gasteiger partial charge >= 0.3 is 0 Å². The van der Waals surface area contributed by atoms with E-state index in [1.165, 1.54) is 0 Å². The number of pyridine rings is 1. The molecule has 0 amide bonds. The van der Waals surface area contributed by atoms with Crippen molar-refractivity contribution in [3.8, 4) is 17.2 Å². The molecule has 3 heteroatoms. The van der Waals surface area contributed by atoms with E-state index in [1.54, 1.807) is 14.2 Å². The van der Waals surface area contributed by atoms with Gasteiger partial charge in [0.15, 0.2) is 6.20 Å². The van der Waals surface area contributed by atoms with Crippen LogP contribution < -0.4 is 14.0 Å². The van der Waals surface area contributed by atoms with E-state index in [0.29, 0.717) is 0 Å². The van der Waals surface area contributed by atoms with Crippen LogP contribution in [0, 0.1) is 0 Å². The molecular weight excluding hydrogens is 250 g/mol. The second-order valence-corrected chi connectivity index (χ2v) is 4.50. The van der Waals surface area contributed by atoms with Crippen molar-refractivity contribution in [2.24, 2.45) is 0 Å². The van der Waals surface area contributed by atoms with E-state index in [9.17, 15) is 0 Å². The largest absolute Gasteiger partial charge is 0.497 e. The summed E-state index contributed by atoms with van der Waals surface area (Å²) in [6, 6.07) is 18.2. The Morgan fingerprint density at radius 3 is 2.20 bits per heavy atom. The van der Waals surface area contributed by atoms with E-state index in [2.05, 4.69) is 22.9 Å². The van der Waals surface area contributed by atoms with Gasteiger partial charge in [-0.15, -0.1) is 0 Å². The third-order valence-electron chi connectivity index (χ3n) is 3.36. The van der Waals surface area contributed by atoms with E-state index in [1.807, 2.05) is 42.5 Å². The molecule has 0 aliphatic heterocycles. The number of benzene rings is 2. The average Bonchev–Trinajstić information content (AvgIpc) is 2.54. The average molecular weight is 266 g/mol. The van der Waals surface area contributed by atoms with Crippen molar-refractivity contribution in [1.29, 1.82) is 0 Å². The SMILES string of the molecule is COc1ccc(-[n+]2cccc3cc(OC)ccc32)cc1. The van der Waals surface area contributed by atoms with E-state index < -0.39 is 0 Å². The Kier molecular flexibility index (Phi) is 3.25. The van der Waals surface area contributed by atoms with Crippen molar-refractivity contribution in [2.45, 2.75) is 0 Å². The zero-order valence-corrected chi connectivity index (χ0v) is 11.5. The quantitative estimate of drug-likeness (QED) is 0.680. The summed E-state index contributed by atoms with van der Waals surface area (Å²) in [6.45, 7) is 0. The summed E-state index contributed by atoms with van der Waals surface area (Å²) in [4.78, 5) is 0. The summed E-state index contributed by atoms with van der Waals surface area (Å²) in [6.07, 6.45) is 2.05. The number of ether oxygens (including phenoxy) is 2. The zero-order valence-electron chi connectivity index (χ0n) is 11.5. The number of aromatic nitrogens is 1. The summed E-state index contributed by atoms with van der Waals surface area (Å²) >= 11 is 0. The molecule has 0 aliphatic rings. The first-order chi connectivity index (χ1) is 9.81. The topological polar surface area (TPSA) is 22.3 Å². The first kappa shape index (κ1) is 12.5. The molecule has 0 bridgehead atoms. The van der Waals surface area contributed by atoms with Gasteiger partial charge in [0.25, 0.3) is 0 Å². The van der Waals surface area contributed by atoms with E-state index in [-0.39, 0.29) is 0 Å². The Hall–Kier alpha value is -2.55. The van der Waals surface area contributed by atoms with Gasteiger partial charge in [-0.3, -0.25) is 0 Å². The minimum atomic E-state index is 0.858. The minimum Gasteiger partial charge on any atom is -0.497 e. The lowest BCUT2D eigenvalue weighted by molar-refractivity contribution is -0.567. The standard InChI is InChI=1S/C17H16NO2/c1-19-15-7-5-14(6-8-15)18-11-3-4-13-12-16(20-2)9-10-17(13)18/h3-12H,1-2H3/q+1. The fourth-order valence-electron chi connectivity index (χ4n) is 2.29. The summed E-state index contributed by atoms with van der Waals surface area (Å²) in [7, 11) is 3.36. The van der Waals surface area contributed by atoms with Crippen LogP contribution in [0.25, 0.3) is 16.6 Å². The molecule has 0 N–H and O–H groups in total. The van der Waals surface area contributed by atoms with Crippen molar-refractivity contribution < 1.29 is 14.0 Å². The Balaban J connectivity index is 2.14. The van der Waals surface area contributed by atoms with Crippen LogP contribution in [0.15, 0.2) is 60.8 Å². The van der Waals surface area contributed by atoms with Gasteiger partial charge in [0.05, 0.1) is 19.6 Å². The number of fused-ring (bicyclic) bond motifs is 1. The second-order valence-electron chi connectivity index (χ2n) is 4.50. The number of hydrogen-bond donors (Lipinski definition) is 0. The third kappa shape index (κ3) is 2.18. The highest BCUT2D eigenvalue weighted by molar-refractivity contribution is 5.77. The summed E-state index contributed by atoms with van der Waals surface area (Å²) < 4.78 is 12.6. The first-order valence-corrected chi connectivity index (χ1v) is 6.44. The zero-order chi connectivity index (χ0) is 13.9. The Bertz CT molecular complexity index is 736. The molecule has 3 nitrogen and oxygen atoms in total. The molecule has 0 fully saturated rings. The van der Waals surface area contributed by atoms with Crippen molar-refractivity contribution in [3.63, 3.8) is 0 Å². The van der Waals surface area contributed by atoms with Crippen molar-refractivity contribution in [3.05, 3.63) is 60.8 Å². The monoisotopic (exact) mass is 266 g/mol. The van der Waals surface area contributed by atoms with Crippen LogP contribution in [0.4, 0.5) is 0 Å². The van der Waals surface area contributed by atoms with Crippen molar-refractivity contribution >= 4 is 10.9 Å². The molecule has 1 aromatic heterocycles. The molecule has 20 heavy (non-hydrogen) atoms. The van der Waals surface area contributed by atoms with Crippen LogP contribution in [0.3, 0.4) is 0 Å². The van der Waals surface area contributed by atoms with Gasteiger partial charge < -0.3 is 9.47 Å². The van der Waals surface area contributed by atoms with Gasteiger partial charge in [-0.1, -0.05) is 0 Å². The van der Waals surface area contributed by atoms with Gasteiger partial charge in [0.1, 0.15) is 11.5 Å². The molecule has 0 aliphatic carbocycles. The Morgan fingerprint density at radius 2 is 1.50 bits per heavy atom. The van der Waals surface area contributed by atoms with Gasteiger partial charge in [-0.05, 0) is 30.3 Å². The van der Waals surface area contributed by atoms with E-state index in [4.69, 9.17) is 9.47 Å². The van der Waals surface area contributed by atoms with Gasteiger partial charge in [0, 0.05) is 24.3 Å². The Labute approximate surface area is 118 Å². The molecular formula is C17H16NO2+. The van der Waals surface area contributed by atoms with Gasteiger partial charge in [-0.2, -0.15) is 4.57 Å². The second kappa shape index (κ2) is 5.21. The maximum atomic E-state index is 5.27. The fourth-order valence-corrected chi connectivity index (χ4v) is 2.29. The van der Waals surface area contributed by atoms with Gasteiger partial charge in [0.2, 0.25) is 11.2 Å². The van der Waals surface area contributed by atoms with E-state index in [0.717, 1.165) is 28.1 Å². The lowest BCUT2D eigenvalue weighted by atomic mass is 10.2. The molecule has 0 radical (unpaired) electrons. The third-order valence-corrected chi connectivity index (χ3v) is 3.36. The molecule has 0 saturated heterocycles. The molecule has 3 aromatic rings. The smallest absolute Gasteiger partial charge is 0.218 e. The van der Waals surface area contributed by atoms with Crippen molar-refractivity contribution in [2.75, 3.05) is 14.2 Å². The lowest BCUT2D eigenvalue weighted by Crippen LogP contribution is -2.30. The van der Waals surface area contributed by atoms with Crippen LogP contribution in [0.2, 0.25) is 0 Å². The molecule has 0 saturated carbocycles. The minimum absolute atomic E-state index is 0.858. The highest BCUT2D eigenvalue weighted by Crippen LogP contribution is 2.19. The predicted molar refractivity (Wildman–Crippen MR) is 78.6 cm³/mol. The normalized spacial score (nSPS) is 10.5. The van der Waals surface area contributed by atoms with Gasteiger partial charge in [-0.25, -0.2) is 0 Å². The predicted octanol–water partition coefficient (Wildman–Crippen LogP) is 3.13. The number of nitrogens with zero attached hydrogens (tertiary/aromatic N) is 1. The molecule has 0 atom stereocenters. The van der Waals surface area contributed by atoms with Crippen LogP contribution >= 0.6 is 0 Å². The molecule has 3 rings (SSSR count). The number of methoxy groups -OCH3 is 2. The van der Waals surface area contributed by atoms with Crippen LogP contribution in [-0.4, -0.2) is 14.2 Å². The van der Waals surface area contributed by atoms with Crippen LogP contribution in [0.1, 0.15) is 0 Å². The van der Waals surface area contributed by atoms with Crippen LogP contribution in [-0.2, 0) is 0 Å². The van der Waals surface area contributed by atoms with Crippen molar-refractivity contribution in [1.82, 2.24) is 0 Å². The Morgan fingerprint density at radius 1 is 0.800 bits per heavy atom. The summed E-state index contributed by atoms with van der Waals surface area (Å²) in [5.41, 5.74) is 2.24. The summed E-state index contributed by atoms with van der Waals surface area (Å²) in [5.74, 6) is 1.72. The number of hydrogen-bond acceptors (Lipinski definition) is 2. The molecule has 2 aromatic carbocycles. The lowest BCUT2D eigenvalue weighted by Gasteiger charge is -2.04. The molecule has 0 unspecified atom stereocenters. The molecule has 100 valence electrons. The highest BCUT2D eigenvalue weighted by atomic mass is 16.5. The molecule has 0 spiro atoms. The first-order valence-electron chi connectivity index (χ1n) is 6.44. The summed E-state index contributed by atoms with van der Waals surface area (Å²) in [5, 5.41) is 1.14. The maximum Gasteiger partial charge on any atom is 0.218 e. The number of rotatable bonds is 3. The van der Waals surface area contributed by atoms with E-state index >= 15 is 0 Å². The fraction of sp³-hybridized carbons (Fsp3) is 0.118. The van der Waals surface area contributed by atoms with Crippen LogP contribution in [0.5, 0.6) is 11.5 Å². The molecule has 1 heterocycles. The maximum absolute atomic E-state index is 5.27. The highest BCUT2D eigenvalue weighted by Gasteiger charge is 2.12.